The van der Waals surface area contributed by atoms with E-state index >= 15 is 0 Å². The van der Waals surface area contributed by atoms with Crippen molar-refractivity contribution in [2.24, 2.45) is 0 Å². The van der Waals surface area contributed by atoms with E-state index in [2.05, 4.69) is 62.8 Å². The molecule has 0 spiro atoms. The first-order chi connectivity index (χ1) is 11.4. The molecule has 118 valence electrons. The van der Waals surface area contributed by atoms with E-state index in [1.165, 1.54) is 5.69 Å². The average Bonchev–Trinajstić information content (AvgIpc) is 3.28. The first-order valence-electron chi connectivity index (χ1n) is 7.90. The zero-order chi connectivity index (χ0) is 15.5. The van der Waals surface area contributed by atoms with Gasteiger partial charge in [0.1, 0.15) is 0 Å². The number of rotatable bonds is 4. The summed E-state index contributed by atoms with van der Waals surface area (Å²) in [6.45, 7) is 5.07. The Kier molecular flexibility index (Phi) is 4.13. The largest absolute Gasteiger partial charge is 0.369 e. The predicted octanol–water partition coefficient (Wildman–Crippen LogP) is 3.73. The van der Waals surface area contributed by atoms with Gasteiger partial charge in [-0.3, -0.25) is 4.90 Å². The van der Waals surface area contributed by atoms with Crippen LogP contribution in [-0.4, -0.2) is 36.2 Å². The van der Waals surface area contributed by atoms with Gasteiger partial charge in [-0.2, -0.15) is 0 Å². The molecule has 4 rings (SSSR count). The maximum absolute atomic E-state index is 5.46. The van der Waals surface area contributed by atoms with Crippen LogP contribution in [0.1, 0.15) is 5.69 Å². The van der Waals surface area contributed by atoms with Crippen LogP contribution in [0.2, 0.25) is 0 Å². The quantitative estimate of drug-likeness (QED) is 0.732. The minimum absolute atomic E-state index is 0.859. The molecule has 1 aliphatic rings. The van der Waals surface area contributed by atoms with Crippen molar-refractivity contribution in [3.8, 4) is 10.6 Å². The van der Waals surface area contributed by atoms with Crippen LogP contribution in [0, 0.1) is 0 Å². The molecule has 1 fully saturated rings. The molecule has 4 nitrogen and oxygen atoms in total. The summed E-state index contributed by atoms with van der Waals surface area (Å²) >= 11 is 1.68. The van der Waals surface area contributed by atoms with E-state index < -0.39 is 0 Å². The lowest BCUT2D eigenvalue weighted by molar-refractivity contribution is 0.242. The van der Waals surface area contributed by atoms with Gasteiger partial charge in [0.25, 0.3) is 0 Å². The number of aromatic nitrogens is 1. The molecule has 1 aromatic carbocycles. The van der Waals surface area contributed by atoms with E-state index in [1.54, 1.807) is 11.3 Å². The minimum Gasteiger partial charge on any atom is -0.369 e. The van der Waals surface area contributed by atoms with Crippen LogP contribution in [0.15, 0.2) is 58.4 Å². The Morgan fingerprint density at radius 1 is 1.00 bits per heavy atom. The number of piperazine rings is 1. The zero-order valence-electron chi connectivity index (χ0n) is 12.9. The normalized spacial score (nSPS) is 15.9. The van der Waals surface area contributed by atoms with Crippen molar-refractivity contribution in [2.75, 3.05) is 31.1 Å². The number of hydrogen-bond donors (Lipinski definition) is 0. The van der Waals surface area contributed by atoms with Crippen LogP contribution < -0.4 is 4.90 Å². The van der Waals surface area contributed by atoms with Gasteiger partial charge in [0.15, 0.2) is 5.76 Å². The summed E-state index contributed by atoms with van der Waals surface area (Å²) in [6.07, 6.45) is 0. The summed E-state index contributed by atoms with van der Waals surface area (Å²) < 4.78 is 5.46. The van der Waals surface area contributed by atoms with Crippen molar-refractivity contribution in [3.63, 3.8) is 0 Å². The van der Waals surface area contributed by atoms with Gasteiger partial charge in [0.05, 0.1) is 10.6 Å². The van der Waals surface area contributed by atoms with Gasteiger partial charge < -0.3 is 9.42 Å². The fourth-order valence-electron chi connectivity index (χ4n) is 2.95. The minimum atomic E-state index is 0.859. The SMILES string of the molecule is c1ccc(N2CCN(Cc3cc(-c4cccs4)on3)CC2)cc1. The standard InChI is InChI=1S/C18H19N3OS/c1-2-5-16(6-3-1)21-10-8-20(9-11-21)14-15-13-17(22-19-15)18-7-4-12-23-18/h1-7,12-13H,8-11,14H2. The van der Waals surface area contributed by atoms with Gasteiger partial charge in [-0.1, -0.05) is 29.4 Å². The van der Waals surface area contributed by atoms with E-state index in [9.17, 15) is 0 Å². The van der Waals surface area contributed by atoms with Crippen molar-refractivity contribution in [1.82, 2.24) is 10.1 Å². The highest BCUT2D eigenvalue weighted by molar-refractivity contribution is 7.13. The van der Waals surface area contributed by atoms with Crippen LogP contribution in [0.5, 0.6) is 0 Å². The Labute approximate surface area is 139 Å². The van der Waals surface area contributed by atoms with Crippen molar-refractivity contribution in [3.05, 3.63) is 59.6 Å². The molecule has 0 amide bonds. The molecule has 0 bridgehead atoms. The van der Waals surface area contributed by atoms with Gasteiger partial charge in [-0.15, -0.1) is 11.3 Å². The first kappa shape index (κ1) is 14.5. The van der Waals surface area contributed by atoms with Crippen LogP contribution >= 0.6 is 11.3 Å². The van der Waals surface area contributed by atoms with Crippen molar-refractivity contribution in [1.29, 1.82) is 0 Å². The highest BCUT2D eigenvalue weighted by atomic mass is 32.1. The van der Waals surface area contributed by atoms with Gasteiger partial charge >= 0.3 is 0 Å². The molecule has 23 heavy (non-hydrogen) atoms. The monoisotopic (exact) mass is 325 g/mol. The smallest absolute Gasteiger partial charge is 0.177 e. The number of benzene rings is 1. The number of hydrogen-bond acceptors (Lipinski definition) is 5. The second-order valence-electron chi connectivity index (χ2n) is 5.76. The molecular weight excluding hydrogens is 306 g/mol. The fourth-order valence-corrected chi connectivity index (χ4v) is 3.63. The Hall–Kier alpha value is -2.11. The Morgan fingerprint density at radius 3 is 2.57 bits per heavy atom. The molecule has 0 unspecified atom stereocenters. The maximum Gasteiger partial charge on any atom is 0.177 e. The summed E-state index contributed by atoms with van der Waals surface area (Å²) in [4.78, 5) is 6.02. The van der Waals surface area contributed by atoms with Crippen molar-refractivity contribution < 1.29 is 4.52 Å². The summed E-state index contributed by atoms with van der Waals surface area (Å²) in [7, 11) is 0. The third-order valence-electron chi connectivity index (χ3n) is 4.20. The molecular formula is C18H19N3OS. The molecule has 3 heterocycles. The average molecular weight is 325 g/mol. The zero-order valence-corrected chi connectivity index (χ0v) is 13.7. The molecule has 0 N–H and O–H groups in total. The van der Waals surface area contributed by atoms with Crippen molar-refractivity contribution >= 4 is 17.0 Å². The van der Waals surface area contributed by atoms with Gasteiger partial charge in [0.2, 0.25) is 0 Å². The summed E-state index contributed by atoms with van der Waals surface area (Å²) in [5.41, 5.74) is 2.33. The lowest BCUT2D eigenvalue weighted by atomic mass is 10.2. The van der Waals surface area contributed by atoms with E-state index in [0.717, 1.165) is 49.1 Å². The highest BCUT2D eigenvalue weighted by Crippen LogP contribution is 2.25. The van der Waals surface area contributed by atoms with Crippen LogP contribution in [0.25, 0.3) is 10.6 Å². The topological polar surface area (TPSA) is 32.5 Å². The Bertz CT molecular complexity index is 731. The molecule has 0 atom stereocenters. The van der Waals surface area contributed by atoms with Gasteiger partial charge in [0, 0.05) is 44.5 Å². The van der Waals surface area contributed by atoms with Gasteiger partial charge in [-0.25, -0.2) is 0 Å². The van der Waals surface area contributed by atoms with E-state index in [-0.39, 0.29) is 0 Å². The molecule has 1 saturated heterocycles. The fraction of sp³-hybridized carbons (Fsp3) is 0.278. The third-order valence-corrected chi connectivity index (χ3v) is 5.09. The van der Waals surface area contributed by atoms with E-state index in [1.807, 2.05) is 6.07 Å². The Balaban J connectivity index is 1.35. The summed E-state index contributed by atoms with van der Waals surface area (Å²) in [6, 6.07) is 16.8. The molecule has 3 aromatic rings. The lowest BCUT2D eigenvalue weighted by Crippen LogP contribution is -2.46. The van der Waals surface area contributed by atoms with E-state index in [4.69, 9.17) is 4.52 Å². The number of nitrogens with zero attached hydrogens (tertiary/aromatic N) is 3. The third kappa shape index (κ3) is 3.30. The number of para-hydroxylation sites is 1. The first-order valence-corrected chi connectivity index (χ1v) is 8.78. The van der Waals surface area contributed by atoms with Crippen LogP contribution in [0.4, 0.5) is 5.69 Å². The predicted molar refractivity (Wildman–Crippen MR) is 93.7 cm³/mol. The van der Waals surface area contributed by atoms with Crippen molar-refractivity contribution in [2.45, 2.75) is 6.54 Å². The highest BCUT2D eigenvalue weighted by Gasteiger charge is 2.18. The molecule has 0 radical (unpaired) electrons. The van der Waals surface area contributed by atoms with Gasteiger partial charge in [-0.05, 0) is 23.6 Å². The van der Waals surface area contributed by atoms with Crippen LogP contribution in [0.3, 0.4) is 0 Å². The summed E-state index contributed by atoms with van der Waals surface area (Å²) in [5.74, 6) is 0.873. The number of thiophene rings is 1. The number of anilines is 1. The molecule has 0 saturated carbocycles. The summed E-state index contributed by atoms with van der Waals surface area (Å²) in [5, 5.41) is 6.28. The molecule has 1 aliphatic heterocycles. The molecule has 0 aliphatic carbocycles. The second-order valence-corrected chi connectivity index (χ2v) is 6.71. The molecule has 5 heteroatoms. The second kappa shape index (κ2) is 6.56. The lowest BCUT2D eigenvalue weighted by Gasteiger charge is -2.35. The Morgan fingerprint density at radius 2 is 1.83 bits per heavy atom. The van der Waals surface area contributed by atoms with Crippen LogP contribution in [-0.2, 0) is 6.54 Å². The maximum atomic E-state index is 5.46. The molecule has 2 aromatic heterocycles. The van der Waals surface area contributed by atoms with E-state index in [0.29, 0.717) is 0 Å².